The maximum Gasteiger partial charge on any atom is 0.227 e. The van der Waals surface area contributed by atoms with Crippen molar-refractivity contribution in [3.63, 3.8) is 0 Å². The van der Waals surface area contributed by atoms with E-state index in [9.17, 15) is 4.79 Å². The number of carbonyl (C=O) groups excluding carboxylic acids is 1. The molecular formula is C15H17BrClN3OS2. The molecule has 0 radical (unpaired) electrons. The summed E-state index contributed by atoms with van der Waals surface area (Å²) in [6.45, 7) is 0.979. The second kappa shape index (κ2) is 9.03. The Labute approximate surface area is 158 Å². The van der Waals surface area contributed by atoms with Crippen molar-refractivity contribution in [1.82, 2.24) is 10.3 Å². The SMILES string of the molecule is Cl.O=C(CC1CSCCN1)Nc1nc(-c2cccc(Br)c2)cs1. The quantitative estimate of drug-likeness (QED) is 0.763. The highest BCUT2D eigenvalue weighted by atomic mass is 79.9. The molecule has 23 heavy (non-hydrogen) atoms. The molecule has 2 aromatic rings. The van der Waals surface area contributed by atoms with Gasteiger partial charge < -0.3 is 10.6 Å². The number of amides is 1. The van der Waals surface area contributed by atoms with Crippen molar-refractivity contribution in [2.45, 2.75) is 12.5 Å². The molecule has 0 saturated carbocycles. The van der Waals surface area contributed by atoms with Crippen LogP contribution in [0.25, 0.3) is 11.3 Å². The molecule has 0 aliphatic carbocycles. The number of carbonyl (C=O) groups is 1. The lowest BCUT2D eigenvalue weighted by Gasteiger charge is -2.22. The molecule has 1 atom stereocenters. The molecule has 1 aromatic heterocycles. The zero-order valence-corrected chi connectivity index (χ0v) is 16.3. The number of nitrogens with one attached hydrogen (secondary N) is 2. The van der Waals surface area contributed by atoms with Crippen molar-refractivity contribution >= 4 is 62.5 Å². The first-order valence-electron chi connectivity index (χ1n) is 7.03. The maximum atomic E-state index is 12.1. The molecule has 1 aliphatic heterocycles. The number of aromatic nitrogens is 1. The number of rotatable bonds is 4. The van der Waals surface area contributed by atoms with Crippen LogP contribution in [0.5, 0.6) is 0 Å². The maximum absolute atomic E-state index is 12.1. The van der Waals surface area contributed by atoms with Crippen LogP contribution >= 0.6 is 51.4 Å². The second-order valence-electron chi connectivity index (χ2n) is 5.03. The number of thiazole rings is 1. The summed E-state index contributed by atoms with van der Waals surface area (Å²) in [6.07, 6.45) is 0.499. The summed E-state index contributed by atoms with van der Waals surface area (Å²) in [7, 11) is 0. The van der Waals surface area contributed by atoms with Gasteiger partial charge in [0.15, 0.2) is 5.13 Å². The Bertz CT molecular complexity index is 662. The minimum Gasteiger partial charge on any atom is -0.312 e. The zero-order valence-electron chi connectivity index (χ0n) is 12.3. The molecule has 1 aromatic carbocycles. The van der Waals surface area contributed by atoms with Gasteiger partial charge in [-0.3, -0.25) is 4.79 Å². The normalized spacial score (nSPS) is 17.3. The fourth-order valence-electron chi connectivity index (χ4n) is 2.26. The molecule has 1 amide bonds. The molecule has 124 valence electrons. The van der Waals surface area contributed by atoms with Crippen molar-refractivity contribution in [3.8, 4) is 11.3 Å². The third kappa shape index (κ3) is 5.46. The molecule has 3 rings (SSSR count). The molecular weight excluding hydrogens is 418 g/mol. The third-order valence-electron chi connectivity index (χ3n) is 3.30. The van der Waals surface area contributed by atoms with Crippen LogP contribution < -0.4 is 10.6 Å². The first-order chi connectivity index (χ1) is 10.7. The molecule has 4 nitrogen and oxygen atoms in total. The number of thioether (sulfide) groups is 1. The van der Waals surface area contributed by atoms with Crippen LogP contribution in [-0.2, 0) is 4.79 Å². The van der Waals surface area contributed by atoms with Crippen molar-refractivity contribution < 1.29 is 4.79 Å². The van der Waals surface area contributed by atoms with E-state index in [1.165, 1.54) is 11.3 Å². The molecule has 1 unspecified atom stereocenters. The van der Waals surface area contributed by atoms with Gasteiger partial charge in [-0.2, -0.15) is 11.8 Å². The number of hydrogen-bond donors (Lipinski definition) is 2. The van der Waals surface area contributed by atoms with Crippen LogP contribution in [0.15, 0.2) is 34.1 Å². The van der Waals surface area contributed by atoms with Crippen LogP contribution in [0, 0.1) is 0 Å². The van der Waals surface area contributed by atoms with Crippen LogP contribution in [0.2, 0.25) is 0 Å². The lowest BCUT2D eigenvalue weighted by atomic mass is 10.2. The first-order valence-corrected chi connectivity index (χ1v) is 9.86. The number of hydrogen-bond acceptors (Lipinski definition) is 5. The Morgan fingerprint density at radius 3 is 3.09 bits per heavy atom. The second-order valence-corrected chi connectivity index (χ2v) is 7.95. The first kappa shape index (κ1) is 18.7. The molecule has 0 spiro atoms. The van der Waals surface area contributed by atoms with Gasteiger partial charge in [0, 0.05) is 45.9 Å². The van der Waals surface area contributed by atoms with Gasteiger partial charge in [-0.15, -0.1) is 23.7 Å². The van der Waals surface area contributed by atoms with E-state index >= 15 is 0 Å². The van der Waals surface area contributed by atoms with Gasteiger partial charge >= 0.3 is 0 Å². The fraction of sp³-hybridized carbons (Fsp3) is 0.333. The molecule has 1 saturated heterocycles. The van der Waals surface area contributed by atoms with E-state index in [0.717, 1.165) is 33.8 Å². The van der Waals surface area contributed by atoms with Crippen molar-refractivity contribution in [1.29, 1.82) is 0 Å². The minimum absolute atomic E-state index is 0. The number of anilines is 1. The highest BCUT2D eigenvalue weighted by Gasteiger charge is 2.17. The van der Waals surface area contributed by atoms with Crippen LogP contribution in [0.3, 0.4) is 0 Å². The third-order valence-corrected chi connectivity index (χ3v) is 5.68. The van der Waals surface area contributed by atoms with Gasteiger partial charge in [-0.25, -0.2) is 4.98 Å². The van der Waals surface area contributed by atoms with Crippen LogP contribution in [0.4, 0.5) is 5.13 Å². The van der Waals surface area contributed by atoms with Gasteiger partial charge in [-0.05, 0) is 12.1 Å². The number of benzene rings is 1. The Balaban J connectivity index is 0.00000192. The highest BCUT2D eigenvalue weighted by molar-refractivity contribution is 9.10. The largest absolute Gasteiger partial charge is 0.312 e. The lowest BCUT2D eigenvalue weighted by molar-refractivity contribution is -0.116. The number of halogens is 2. The summed E-state index contributed by atoms with van der Waals surface area (Å²) in [5.41, 5.74) is 1.92. The van der Waals surface area contributed by atoms with E-state index in [1.54, 1.807) is 0 Å². The predicted molar refractivity (Wildman–Crippen MR) is 105 cm³/mol. The molecule has 0 bridgehead atoms. The minimum atomic E-state index is 0. The van der Waals surface area contributed by atoms with Crippen molar-refractivity contribution in [2.75, 3.05) is 23.4 Å². The Morgan fingerprint density at radius 2 is 2.35 bits per heavy atom. The van der Waals surface area contributed by atoms with Gasteiger partial charge in [0.05, 0.1) is 5.69 Å². The molecule has 1 fully saturated rings. The smallest absolute Gasteiger partial charge is 0.227 e. The predicted octanol–water partition coefficient (Wildman–Crippen LogP) is 4.03. The van der Waals surface area contributed by atoms with Gasteiger partial charge in [0.25, 0.3) is 0 Å². The zero-order chi connectivity index (χ0) is 15.4. The van der Waals surface area contributed by atoms with Gasteiger partial charge in [0.1, 0.15) is 0 Å². The van der Waals surface area contributed by atoms with E-state index in [0.29, 0.717) is 11.6 Å². The van der Waals surface area contributed by atoms with Gasteiger partial charge in [0.2, 0.25) is 5.91 Å². The summed E-state index contributed by atoms with van der Waals surface area (Å²) >= 11 is 6.81. The summed E-state index contributed by atoms with van der Waals surface area (Å²) in [6, 6.07) is 8.25. The monoisotopic (exact) mass is 433 g/mol. The van der Waals surface area contributed by atoms with Crippen molar-refractivity contribution in [2.24, 2.45) is 0 Å². The van der Waals surface area contributed by atoms with Gasteiger partial charge in [-0.1, -0.05) is 28.1 Å². The summed E-state index contributed by atoms with van der Waals surface area (Å²) in [4.78, 5) is 16.6. The van der Waals surface area contributed by atoms with E-state index in [-0.39, 0.29) is 24.4 Å². The summed E-state index contributed by atoms with van der Waals surface area (Å²) in [5, 5.41) is 8.89. The van der Waals surface area contributed by atoms with E-state index in [4.69, 9.17) is 0 Å². The molecule has 2 N–H and O–H groups in total. The summed E-state index contributed by atoms with van der Waals surface area (Å²) in [5.74, 6) is 2.14. The Kier molecular flexibility index (Phi) is 7.36. The van der Waals surface area contributed by atoms with Crippen LogP contribution in [-0.4, -0.2) is 35.0 Å². The van der Waals surface area contributed by atoms with E-state index < -0.39 is 0 Å². The molecule has 1 aliphatic rings. The lowest BCUT2D eigenvalue weighted by Crippen LogP contribution is -2.39. The topological polar surface area (TPSA) is 54.0 Å². The molecule has 2 heterocycles. The standard InChI is InChI=1S/C15H16BrN3OS2.ClH/c16-11-3-1-2-10(6-11)13-9-22-15(18-13)19-14(20)7-12-8-21-5-4-17-12;/h1-3,6,9,12,17H,4-5,7-8H2,(H,18,19,20);1H. The average Bonchev–Trinajstić information content (AvgIpc) is 2.96. The van der Waals surface area contributed by atoms with Crippen molar-refractivity contribution in [3.05, 3.63) is 34.1 Å². The van der Waals surface area contributed by atoms with E-state index in [1.807, 2.05) is 41.4 Å². The van der Waals surface area contributed by atoms with Crippen LogP contribution in [0.1, 0.15) is 6.42 Å². The number of nitrogens with zero attached hydrogens (tertiary/aromatic N) is 1. The van der Waals surface area contributed by atoms with E-state index in [2.05, 4.69) is 31.5 Å². The average molecular weight is 435 g/mol. The summed E-state index contributed by atoms with van der Waals surface area (Å²) < 4.78 is 1.02. The highest BCUT2D eigenvalue weighted by Crippen LogP contribution is 2.27. The Morgan fingerprint density at radius 1 is 1.48 bits per heavy atom. The fourth-order valence-corrected chi connectivity index (χ4v) is 4.34. The molecule has 8 heteroatoms. The Hall–Kier alpha value is -0.600.